The maximum absolute atomic E-state index is 12.2. The molecule has 0 heterocycles. The Morgan fingerprint density at radius 2 is 2.14 bits per heavy atom. The molecule has 0 aliphatic carbocycles. The summed E-state index contributed by atoms with van der Waals surface area (Å²) in [5.41, 5.74) is 0. The summed E-state index contributed by atoms with van der Waals surface area (Å²) >= 11 is 3.24. The third-order valence-electron chi connectivity index (χ3n) is 2.82. The summed E-state index contributed by atoms with van der Waals surface area (Å²) in [5.74, 6) is -0.340. The fourth-order valence-corrected chi connectivity index (χ4v) is 3.76. The van der Waals surface area contributed by atoms with E-state index in [0.717, 1.165) is 0 Å². The number of methoxy groups -OCH3 is 1. The molecule has 0 saturated heterocycles. The summed E-state index contributed by atoms with van der Waals surface area (Å²) < 4.78 is 32.5. The Balaban J connectivity index is 2.72. The van der Waals surface area contributed by atoms with Gasteiger partial charge in [-0.2, -0.15) is 0 Å². The monoisotopic (exact) mass is 379 g/mol. The molecular weight excluding hydrogens is 362 g/mol. The first-order valence-corrected chi connectivity index (χ1v) is 8.61. The Labute approximate surface area is 132 Å². The third-order valence-corrected chi connectivity index (χ3v) is 5.02. The molecule has 1 unspecified atom stereocenters. The number of nitrogens with one attached hydrogen (secondary N) is 1. The topological polar surface area (TPSA) is 92.7 Å². The van der Waals surface area contributed by atoms with E-state index in [0.29, 0.717) is 23.1 Å². The minimum absolute atomic E-state index is 0.0279. The summed E-state index contributed by atoms with van der Waals surface area (Å²) in [5, 5.41) is 8.56. The molecule has 0 spiro atoms. The van der Waals surface area contributed by atoms with Gasteiger partial charge in [-0.25, -0.2) is 13.1 Å². The molecule has 0 aliphatic rings. The van der Waals surface area contributed by atoms with Crippen molar-refractivity contribution in [2.75, 3.05) is 7.11 Å². The number of carboxylic acid groups (broad SMARTS) is 1. The Bertz CT molecular complexity index is 603. The van der Waals surface area contributed by atoms with Gasteiger partial charge >= 0.3 is 5.97 Å². The van der Waals surface area contributed by atoms with Gasteiger partial charge in [0.25, 0.3) is 0 Å². The number of rotatable bonds is 8. The smallest absolute Gasteiger partial charge is 0.303 e. The van der Waals surface area contributed by atoms with E-state index in [1.165, 1.54) is 19.2 Å². The van der Waals surface area contributed by atoms with Crippen LogP contribution in [0.1, 0.15) is 26.2 Å². The highest BCUT2D eigenvalue weighted by Gasteiger charge is 2.18. The molecule has 21 heavy (non-hydrogen) atoms. The van der Waals surface area contributed by atoms with Crippen LogP contribution in [0, 0.1) is 0 Å². The quantitative estimate of drug-likeness (QED) is 0.723. The van der Waals surface area contributed by atoms with E-state index in [1.54, 1.807) is 13.0 Å². The maximum atomic E-state index is 12.2. The van der Waals surface area contributed by atoms with Crippen LogP contribution in [0.2, 0.25) is 0 Å². The van der Waals surface area contributed by atoms with Crippen LogP contribution in [0.25, 0.3) is 0 Å². The second-order valence-electron chi connectivity index (χ2n) is 4.60. The highest BCUT2D eigenvalue weighted by atomic mass is 79.9. The van der Waals surface area contributed by atoms with E-state index in [-0.39, 0.29) is 17.4 Å². The number of benzene rings is 1. The van der Waals surface area contributed by atoms with E-state index < -0.39 is 16.0 Å². The van der Waals surface area contributed by atoms with Crippen molar-refractivity contribution in [2.45, 2.75) is 37.1 Å². The summed E-state index contributed by atoms with van der Waals surface area (Å²) in [4.78, 5) is 10.6. The van der Waals surface area contributed by atoms with Crippen LogP contribution < -0.4 is 9.46 Å². The average Bonchev–Trinajstić information content (AvgIpc) is 2.37. The standard InChI is InChI=1S/C13H18BrNO5S/c1-9(4-3-5-13(16)17)15-21(18,19)10-6-7-12(20-2)11(14)8-10/h6-9,15H,3-5H2,1-2H3,(H,16,17). The zero-order valence-corrected chi connectivity index (χ0v) is 14.2. The van der Waals surface area contributed by atoms with Crippen molar-refractivity contribution < 1.29 is 23.1 Å². The molecule has 0 fully saturated rings. The van der Waals surface area contributed by atoms with Crippen LogP contribution in [0.5, 0.6) is 5.75 Å². The van der Waals surface area contributed by atoms with Crippen LogP contribution in [0.3, 0.4) is 0 Å². The maximum Gasteiger partial charge on any atom is 0.303 e. The van der Waals surface area contributed by atoms with Gasteiger partial charge in [-0.3, -0.25) is 4.79 Å². The SMILES string of the molecule is COc1ccc(S(=O)(=O)NC(C)CCCC(=O)O)cc1Br. The van der Waals surface area contributed by atoms with Gasteiger partial charge in [0.2, 0.25) is 10.0 Å². The van der Waals surface area contributed by atoms with Gasteiger partial charge in [-0.15, -0.1) is 0 Å². The molecule has 1 aromatic rings. The zero-order chi connectivity index (χ0) is 16.0. The second-order valence-corrected chi connectivity index (χ2v) is 7.17. The van der Waals surface area contributed by atoms with Crippen LogP contribution in [-0.2, 0) is 14.8 Å². The molecule has 0 aromatic heterocycles. The van der Waals surface area contributed by atoms with Crippen LogP contribution in [-0.4, -0.2) is 32.6 Å². The number of hydrogen-bond donors (Lipinski definition) is 2. The molecule has 0 radical (unpaired) electrons. The number of ether oxygens (including phenoxy) is 1. The highest BCUT2D eigenvalue weighted by Crippen LogP contribution is 2.27. The van der Waals surface area contributed by atoms with E-state index >= 15 is 0 Å². The molecule has 0 aliphatic heterocycles. The number of halogens is 1. The van der Waals surface area contributed by atoms with Gasteiger partial charge in [0.1, 0.15) is 5.75 Å². The normalized spacial score (nSPS) is 12.9. The number of aliphatic carboxylic acids is 1. The average molecular weight is 380 g/mol. The third kappa shape index (κ3) is 5.64. The molecule has 1 atom stereocenters. The van der Waals surface area contributed by atoms with Crippen molar-refractivity contribution in [3.63, 3.8) is 0 Å². The zero-order valence-electron chi connectivity index (χ0n) is 11.8. The van der Waals surface area contributed by atoms with Crippen LogP contribution in [0.15, 0.2) is 27.6 Å². The first-order chi connectivity index (χ1) is 9.76. The summed E-state index contributed by atoms with van der Waals surface area (Å²) in [6.07, 6.45) is 0.911. The lowest BCUT2D eigenvalue weighted by Gasteiger charge is -2.14. The minimum Gasteiger partial charge on any atom is -0.496 e. The molecule has 118 valence electrons. The van der Waals surface area contributed by atoms with Gasteiger partial charge in [-0.1, -0.05) is 0 Å². The van der Waals surface area contributed by atoms with Gasteiger partial charge in [0.05, 0.1) is 16.5 Å². The lowest BCUT2D eigenvalue weighted by atomic mass is 10.1. The Morgan fingerprint density at radius 1 is 1.48 bits per heavy atom. The molecular formula is C13H18BrNO5S. The van der Waals surface area contributed by atoms with Crippen molar-refractivity contribution in [1.29, 1.82) is 0 Å². The number of carboxylic acids is 1. The van der Waals surface area contributed by atoms with Crippen LogP contribution in [0.4, 0.5) is 0 Å². The Kier molecular flexibility index (Phi) is 6.63. The van der Waals surface area contributed by atoms with E-state index in [2.05, 4.69) is 20.7 Å². The molecule has 1 rings (SSSR count). The summed E-state index contributed by atoms with van der Waals surface area (Å²) in [7, 11) is -2.14. The molecule has 0 saturated carbocycles. The van der Waals surface area contributed by atoms with Gasteiger partial charge in [0, 0.05) is 12.5 Å². The Hall–Kier alpha value is -1.12. The summed E-state index contributed by atoms with van der Waals surface area (Å²) in [6, 6.07) is 4.14. The predicted molar refractivity (Wildman–Crippen MR) is 82.0 cm³/mol. The van der Waals surface area contributed by atoms with E-state index in [4.69, 9.17) is 9.84 Å². The van der Waals surface area contributed by atoms with Gasteiger partial charge in [0.15, 0.2) is 0 Å². The fourth-order valence-electron chi connectivity index (χ4n) is 1.77. The lowest BCUT2D eigenvalue weighted by molar-refractivity contribution is -0.137. The lowest BCUT2D eigenvalue weighted by Crippen LogP contribution is -2.32. The fraction of sp³-hybridized carbons (Fsp3) is 0.462. The molecule has 0 amide bonds. The highest BCUT2D eigenvalue weighted by molar-refractivity contribution is 9.10. The van der Waals surface area contributed by atoms with Crippen LogP contribution >= 0.6 is 15.9 Å². The van der Waals surface area contributed by atoms with E-state index in [9.17, 15) is 13.2 Å². The molecule has 0 bridgehead atoms. The number of hydrogen-bond acceptors (Lipinski definition) is 4. The van der Waals surface area contributed by atoms with Crippen molar-refractivity contribution >= 4 is 31.9 Å². The predicted octanol–water partition coefficient (Wildman–Crippen LogP) is 2.38. The second kappa shape index (κ2) is 7.77. The first-order valence-electron chi connectivity index (χ1n) is 6.34. The first kappa shape index (κ1) is 17.9. The van der Waals surface area contributed by atoms with E-state index in [1.807, 2.05) is 0 Å². The minimum atomic E-state index is -3.64. The molecule has 6 nitrogen and oxygen atoms in total. The Morgan fingerprint density at radius 3 is 2.67 bits per heavy atom. The molecule has 1 aromatic carbocycles. The molecule has 8 heteroatoms. The van der Waals surface area contributed by atoms with Crippen molar-refractivity contribution in [3.05, 3.63) is 22.7 Å². The largest absolute Gasteiger partial charge is 0.496 e. The van der Waals surface area contributed by atoms with Crippen molar-refractivity contribution in [1.82, 2.24) is 4.72 Å². The number of sulfonamides is 1. The summed E-state index contributed by atoms with van der Waals surface area (Å²) in [6.45, 7) is 1.71. The van der Waals surface area contributed by atoms with Crippen molar-refractivity contribution in [3.8, 4) is 5.75 Å². The van der Waals surface area contributed by atoms with Gasteiger partial charge < -0.3 is 9.84 Å². The van der Waals surface area contributed by atoms with Crippen molar-refractivity contribution in [2.24, 2.45) is 0 Å². The molecule has 2 N–H and O–H groups in total. The number of carbonyl (C=O) groups is 1. The van der Waals surface area contributed by atoms with Gasteiger partial charge in [-0.05, 0) is 53.9 Å².